The molecule has 0 saturated carbocycles. The van der Waals surface area contributed by atoms with Crippen LogP contribution in [0, 0.1) is 5.92 Å². The number of carbonyl (C=O) groups is 1. The van der Waals surface area contributed by atoms with Gasteiger partial charge in [-0.1, -0.05) is 53.5 Å². The second-order valence-electron chi connectivity index (χ2n) is 8.35. The highest BCUT2D eigenvalue weighted by Gasteiger charge is 2.33. The van der Waals surface area contributed by atoms with Crippen LogP contribution in [0.25, 0.3) is 0 Å². The number of aryl methyl sites for hydroxylation is 1. The van der Waals surface area contributed by atoms with Gasteiger partial charge in [0.2, 0.25) is 15.9 Å². The second-order valence-corrected chi connectivity index (χ2v) is 11.1. The summed E-state index contributed by atoms with van der Waals surface area (Å²) < 4.78 is 27.4. The number of rotatable bonds is 5. The van der Waals surface area contributed by atoms with Gasteiger partial charge in [-0.25, -0.2) is 12.7 Å². The normalized spacial score (nSPS) is 22.0. The molecule has 1 amide bonds. The first-order valence-electron chi connectivity index (χ1n) is 10.6. The van der Waals surface area contributed by atoms with E-state index in [0.717, 1.165) is 19.3 Å². The summed E-state index contributed by atoms with van der Waals surface area (Å²) in [4.78, 5) is 13.0. The SMILES string of the molecule is O=C(N[C@H]1CCCc2ccccc21)[C@H]1CCCN(S(=O)(=O)Cc2ccc(Cl)c(Cl)c2)C1. The maximum Gasteiger partial charge on any atom is 0.224 e. The molecule has 0 unspecified atom stereocenters. The van der Waals surface area contributed by atoms with Crippen LogP contribution in [0.15, 0.2) is 42.5 Å². The first-order chi connectivity index (χ1) is 14.8. The largest absolute Gasteiger partial charge is 0.349 e. The molecular weight excluding hydrogens is 455 g/mol. The van der Waals surface area contributed by atoms with Crippen LogP contribution in [0.5, 0.6) is 0 Å². The van der Waals surface area contributed by atoms with Gasteiger partial charge in [0.25, 0.3) is 0 Å². The van der Waals surface area contributed by atoms with Crippen molar-refractivity contribution in [3.8, 4) is 0 Å². The average Bonchev–Trinajstić information content (AvgIpc) is 2.76. The predicted octanol–water partition coefficient (Wildman–Crippen LogP) is 4.73. The number of sulfonamides is 1. The van der Waals surface area contributed by atoms with Crippen LogP contribution in [0.3, 0.4) is 0 Å². The molecule has 2 aromatic rings. The molecule has 0 aromatic heterocycles. The Labute approximate surface area is 193 Å². The minimum Gasteiger partial charge on any atom is -0.349 e. The molecule has 166 valence electrons. The summed E-state index contributed by atoms with van der Waals surface area (Å²) >= 11 is 12.0. The highest BCUT2D eigenvalue weighted by Crippen LogP contribution is 2.31. The van der Waals surface area contributed by atoms with Crippen LogP contribution in [0.1, 0.15) is 48.4 Å². The number of halogens is 2. The quantitative estimate of drug-likeness (QED) is 0.672. The lowest BCUT2D eigenvalue weighted by Crippen LogP contribution is -2.46. The van der Waals surface area contributed by atoms with E-state index in [4.69, 9.17) is 23.2 Å². The van der Waals surface area contributed by atoms with E-state index >= 15 is 0 Å². The summed E-state index contributed by atoms with van der Waals surface area (Å²) in [6.07, 6.45) is 4.34. The van der Waals surface area contributed by atoms with Crippen molar-refractivity contribution in [2.45, 2.75) is 43.9 Å². The summed E-state index contributed by atoms with van der Waals surface area (Å²) in [5, 5.41) is 3.91. The number of carbonyl (C=O) groups excluding carboxylic acids is 1. The zero-order chi connectivity index (χ0) is 22.0. The number of amides is 1. The number of fused-ring (bicyclic) bond motifs is 1. The number of hydrogen-bond donors (Lipinski definition) is 1. The van der Waals surface area contributed by atoms with Gasteiger partial charge in [0.05, 0.1) is 27.8 Å². The van der Waals surface area contributed by atoms with Gasteiger partial charge in [-0.05, 0) is 60.9 Å². The summed E-state index contributed by atoms with van der Waals surface area (Å²) in [6, 6.07) is 13.1. The van der Waals surface area contributed by atoms with E-state index in [1.54, 1.807) is 18.2 Å². The van der Waals surface area contributed by atoms with Crippen molar-refractivity contribution in [3.05, 3.63) is 69.2 Å². The van der Waals surface area contributed by atoms with Gasteiger partial charge in [0.1, 0.15) is 0 Å². The van der Waals surface area contributed by atoms with Gasteiger partial charge in [0, 0.05) is 13.1 Å². The predicted molar refractivity (Wildman–Crippen MR) is 124 cm³/mol. The summed E-state index contributed by atoms with van der Waals surface area (Å²) in [5.41, 5.74) is 3.05. The molecule has 1 aliphatic carbocycles. The average molecular weight is 481 g/mol. The van der Waals surface area contributed by atoms with Gasteiger partial charge in [0.15, 0.2) is 0 Å². The van der Waals surface area contributed by atoms with E-state index in [0.29, 0.717) is 35.0 Å². The van der Waals surface area contributed by atoms with E-state index < -0.39 is 10.0 Å². The maximum atomic E-state index is 13.0. The smallest absolute Gasteiger partial charge is 0.224 e. The van der Waals surface area contributed by atoms with Crippen LogP contribution >= 0.6 is 23.2 Å². The third-order valence-corrected chi connectivity index (χ3v) is 8.72. The standard InChI is InChI=1S/C23H26Cl2N2O3S/c24-20-11-10-16(13-21(20)25)15-31(29,30)27-12-4-7-18(14-27)23(28)26-22-9-3-6-17-5-1-2-8-19(17)22/h1-2,5,8,10-11,13,18,22H,3-4,6-7,9,12,14-15H2,(H,26,28)/t18-,22-/m0/s1. The monoisotopic (exact) mass is 480 g/mol. The molecule has 2 aliphatic rings. The zero-order valence-electron chi connectivity index (χ0n) is 17.2. The minimum atomic E-state index is -3.56. The lowest BCUT2D eigenvalue weighted by atomic mass is 9.87. The van der Waals surface area contributed by atoms with Crippen LogP contribution in [0.2, 0.25) is 10.0 Å². The van der Waals surface area contributed by atoms with Gasteiger partial charge in [-0.2, -0.15) is 0 Å². The van der Waals surface area contributed by atoms with Crippen LogP contribution < -0.4 is 5.32 Å². The number of piperidine rings is 1. The number of nitrogens with zero attached hydrogens (tertiary/aromatic N) is 1. The molecule has 0 spiro atoms. The molecule has 1 saturated heterocycles. The van der Waals surface area contributed by atoms with Crippen molar-refractivity contribution in [2.24, 2.45) is 5.92 Å². The van der Waals surface area contributed by atoms with Crippen LogP contribution in [-0.2, 0) is 27.0 Å². The third kappa shape index (κ3) is 5.25. The fourth-order valence-electron chi connectivity index (χ4n) is 4.53. The van der Waals surface area contributed by atoms with Gasteiger partial charge >= 0.3 is 0 Å². The highest BCUT2D eigenvalue weighted by atomic mass is 35.5. The Bertz CT molecular complexity index is 1070. The van der Waals surface area contributed by atoms with Crippen molar-refractivity contribution in [1.29, 1.82) is 0 Å². The maximum absolute atomic E-state index is 13.0. The molecule has 4 rings (SSSR count). The molecule has 31 heavy (non-hydrogen) atoms. The van der Waals surface area contributed by atoms with E-state index in [1.807, 2.05) is 12.1 Å². The summed E-state index contributed by atoms with van der Waals surface area (Å²) in [6.45, 7) is 0.642. The molecule has 2 aromatic carbocycles. The van der Waals surface area contributed by atoms with Crippen molar-refractivity contribution in [1.82, 2.24) is 9.62 Å². The Hall–Kier alpha value is -1.60. The molecule has 1 aliphatic heterocycles. The van der Waals surface area contributed by atoms with Gasteiger partial charge in [-0.3, -0.25) is 4.79 Å². The van der Waals surface area contributed by atoms with E-state index in [1.165, 1.54) is 15.4 Å². The molecule has 0 bridgehead atoms. The third-order valence-electron chi connectivity index (χ3n) is 6.17. The van der Waals surface area contributed by atoms with Crippen molar-refractivity contribution >= 4 is 39.1 Å². The minimum absolute atomic E-state index is 0.000595. The van der Waals surface area contributed by atoms with Crippen LogP contribution in [-0.4, -0.2) is 31.7 Å². The highest BCUT2D eigenvalue weighted by molar-refractivity contribution is 7.88. The van der Waals surface area contributed by atoms with E-state index in [9.17, 15) is 13.2 Å². The Morgan fingerprint density at radius 2 is 1.87 bits per heavy atom. The molecule has 0 radical (unpaired) electrons. The summed E-state index contributed by atoms with van der Waals surface area (Å²) in [7, 11) is -3.56. The number of nitrogens with one attached hydrogen (secondary N) is 1. The lowest BCUT2D eigenvalue weighted by molar-refractivity contribution is -0.127. The molecular formula is C23H26Cl2N2O3S. The number of hydrogen-bond acceptors (Lipinski definition) is 3. The molecule has 2 atom stereocenters. The molecule has 1 N–H and O–H groups in total. The fraction of sp³-hybridized carbons (Fsp3) is 0.435. The Morgan fingerprint density at radius 1 is 1.06 bits per heavy atom. The van der Waals surface area contributed by atoms with Crippen molar-refractivity contribution < 1.29 is 13.2 Å². The first kappa shape index (κ1) is 22.6. The Morgan fingerprint density at radius 3 is 2.68 bits per heavy atom. The summed E-state index contributed by atoms with van der Waals surface area (Å²) in [5.74, 6) is -0.559. The zero-order valence-corrected chi connectivity index (χ0v) is 19.5. The lowest BCUT2D eigenvalue weighted by Gasteiger charge is -2.33. The molecule has 1 fully saturated rings. The molecule has 8 heteroatoms. The molecule has 1 heterocycles. The first-order valence-corrected chi connectivity index (χ1v) is 13.0. The Kier molecular flexibility index (Phi) is 6.92. The second kappa shape index (κ2) is 9.49. The van der Waals surface area contributed by atoms with Crippen molar-refractivity contribution in [2.75, 3.05) is 13.1 Å². The van der Waals surface area contributed by atoms with E-state index in [-0.39, 0.29) is 30.2 Å². The van der Waals surface area contributed by atoms with E-state index in [2.05, 4.69) is 17.4 Å². The van der Waals surface area contributed by atoms with Gasteiger partial charge < -0.3 is 5.32 Å². The van der Waals surface area contributed by atoms with Gasteiger partial charge in [-0.15, -0.1) is 0 Å². The topological polar surface area (TPSA) is 66.5 Å². The fourth-order valence-corrected chi connectivity index (χ4v) is 6.45. The molecule has 5 nitrogen and oxygen atoms in total. The number of benzene rings is 2. The van der Waals surface area contributed by atoms with Crippen molar-refractivity contribution in [3.63, 3.8) is 0 Å². The Balaban J connectivity index is 1.42. The van der Waals surface area contributed by atoms with Crippen LogP contribution in [0.4, 0.5) is 0 Å².